The number of hydrogen-bond acceptors (Lipinski definition) is 6. The fraction of sp³-hybridized carbons (Fsp3) is 0.375. The van der Waals surface area contributed by atoms with Crippen molar-refractivity contribution < 1.29 is 9.84 Å². The quantitative estimate of drug-likeness (QED) is 0.795. The number of anilines is 2. The maximum atomic E-state index is 9.60. The Balaban J connectivity index is 1.79. The fourth-order valence-corrected chi connectivity index (χ4v) is 2.80. The smallest absolute Gasteiger partial charge is 0.222 e. The first-order valence-electron chi connectivity index (χ1n) is 7.61. The number of halogens is 1. The SMILES string of the molecule is Nc1ncc(Oc2ccccc2Cl)c(N[C@H]2CC[C@H](O)CC2)n1. The van der Waals surface area contributed by atoms with Gasteiger partial charge in [0.25, 0.3) is 0 Å². The number of hydrogen-bond donors (Lipinski definition) is 3. The van der Waals surface area contributed by atoms with Crippen molar-refractivity contribution in [2.24, 2.45) is 0 Å². The number of nitrogen functional groups attached to an aromatic ring is 1. The van der Waals surface area contributed by atoms with Gasteiger partial charge in [-0.1, -0.05) is 23.7 Å². The minimum Gasteiger partial charge on any atom is -0.450 e. The molecule has 0 spiro atoms. The first kappa shape index (κ1) is 15.8. The highest BCUT2D eigenvalue weighted by Gasteiger charge is 2.21. The van der Waals surface area contributed by atoms with Gasteiger partial charge < -0.3 is 20.9 Å². The van der Waals surface area contributed by atoms with E-state index in [1.54, 1.807) is 12.1 Å². The molecule has 1 aromatic carbocycles. The molecule has 7 heteroatoms. The van der Waals surface area contributed by atoms with Gasteiger partial charge in [0.05, 0.1) is 17.3 Å². The number of nitrogens with one attached hydrogen (secondary N) is 1. The van der Waals surface area contributed by atoms with Crippen LogP contribution in [0.5, 0.6) is 11.5 Å². The summed E-state index contributed by atoms with van der Waals surface area (Å²) < 4.78 is 5.83. The fourth-order valence-electron chi connectivity index (χ4n) is 2.62. The van der Waals surface area contributed by atoms with Gasteiger partial charge in [0.2, 0.25) is 5.95 Å². The number of para-hydroxylation sites is 1. The van der Waals surface area contributed by atoms with Gasteiger partial charge in [0, 0.05) is 6.04 Å². The Hall–Kier alpha value is -2.05. The molecule has 0 bridgehead atoms. The Kier molecular flexibility index (Phi) is 4.83. The standard InChI is InChI=1S/C16H19ClN4O2/c17-12-3-1-2-4-13(12)23-14-9-19-16(18)21-15(14)20-10-5-7-11(22)8-6-10/h1-4,9-11,22H,5-8H2,(H3,18,19,20,21)/t10-,11-. The van der Waals surface area contributed by atoms with Gasteiger partial charge in [-0.15, -0.1) is 0 Å². The number of nitrogens with two attached hydrogens (primary N) is 1. The van der Waals surface area contributed by atoms with Crippen LogP contribution in [0.2, 0.25) is 5.02 Å². The maximum absolute atomic E-state index is 9.60. The molecule has 3 rings (SSSR count). The highest BCUT2D eigenvalue weighted by Crippen LogP contribution is 2.33. The van der Waals surface area contributed by atoms with E-state index in [1.165, 1.54) is 6.20 Å². The van der Waals surface area contributed by atoms with Gasteiger partial charge in [-0.3, -0.25) is 0 Å². The third-order valence-electron chi connectivity index (χ3n) is 3.87. The molecule has 0 saturated heterocycles. The zero-order chi connectivity index (χ0) is 16.2. The summed E-state index contributed by atoms with van der Waals surface area (Å²) in [6.07, 6.45) is 4.62. The van der Waals surface area contributed by atoms with Crippen molar-refractivity contribution in [3.8, 4) is 11.5 Å². The predicted octanol–water partition coefficient (Wildman–Crippen LogP) is 3.22. The van der Waals surface area contributed by atoms with Gasteiger partial charge in [-0.25, -0.2) is 4.98 Å². The van der Waals surface area contributed by atoms with E-state index in [0.717, 1.165) is 25.7 Å². The maximum Gasteiger partial charge on any atom is 0.222 e. The molecule has 0 amide bonds. The van der Waals surface area contributed by atoms with Crippen molar-refractivity contribution in [1.82, 2.24) is 9.97 Å². The highest BCUT2D eigenvalue weighted by molar-refractivity contribution is 6.32. The molecule has 0 atom stereocenters. The minimum atomic E-state index is -0.206. The number of rotatable bonds is 4. The summed E-state index contributed by atoms with van der Waals surface area (Å²) in [4.78, 5) is 8.23. The molecule has 1 fully saturated rings. The molecule has 1 heterocycles. The lowest BCUT2D eigenvalue weighted by atomic mass is 9.93. The third kappa shape index (κ3) is 4.03. The van der Waals surface area contributed by atoms with Crippen molar-refractivity contribution in [2.75, 3.05) is 11.1 Å². The van der Waals surface area contributed by atoms with E-state index in [4.69, 9.17) is 22.1 Å². The van der Waals surface area contributed by atoms with E-state index in [1.807, 2.05) is 12.1 Å². The highest BCUT2D eigenvalue weighted by atomic mass is 35.5. The van der Waals surface area contributed by atoms with Crippen LogP contribution in [-0.4, -0.2) is 27.2 Å². The Labute approximate surface area is 139 Å². The van der Waals surface area contributed by atoms with E-state index in [0.29, 0.717) is 22.3 Å². The minimum absolute atomic E-state index is 0.176. The average molecular weight is 335 g/mol. The number of ether oxygens (including phenoxy) is 1. The van der Waals surface area contributed by atoms with Crippen LogP contribution >= 0.6 is 11.6 Å². The molecule has 0 radical (unpaired) electrons. The lowest BCUT2D eigenvalue weighted by Gasteiger charge is -2.27. The van der Waals surface area contributed by atoms with Crippen LogP contribution in [0, 0.1) is 0 Å². The molecule has 23 heavy (non-hydrogen) atoms. The first-order valence-corrected chi connectivity index (χ1v) is 7.99. The van der Waals surface area contributed by atoms with Gasteiger partial charge in [0.1, 0.15) is 5.75 Å². The molecule has 1 aromatic heterocycles. The molecular weight excluding hydrogens is 316 g/mol. The van der Waals surface area contributed by atoms with E-state index < -0.39 is 0 Å². The first-order chi connectivity index (χ1) is 11.1. The van der Waals surface area contributed by atoms with Crippen LogP contribution in [0.15, 0.2) is 30.5 Å². The van der Waals surface area contributed by atoms with Crippen molar-refractivity contribution in [2.45, 2.75) is 37.8 Å². The van der Waals surface area contributed by atoms with Crippen LogP contribution in [-0.2, 0) is 0 Å². The zero-order valence-electron chi connectivity index (χ0n) is 12.6. The van der Waals surface area contributed by atoms with Crippen LogP contribution < -0.4 is 15.8 Å². The summed E-state index contributed by atoms with van der Waals surface area (Å²) in [6.45, 7) is 0. The number of aliphatic hydroxyl groups excluding tert-OH is 1. The molecular formula is C16H19ClN4O2. The second-order valence-corrected chi connectivity index (χ2v) is 6.03. The van der Waals surface area contributed by atoms with Crippen LogP contribution in [0.3, 0.4) is 0 Å². The van der Waals surface area contributed by atoms with Gasteiger partial charge >= 0.3 is 0 Å². The third-order valence-corrected chi connectivity index (χ3v) is 4.18. The van der Waals surface area contributed by atoms with Crippen molar-refractivity contribution in [1.29, 1.82) is 0 Å². The summed E-state index contributed by atoms with van der Waals surface area (Å²) in [7, 11) is 0. The Morgan fingerprint density at radius 3 is 2.65 bits per heavy atom. The Morgan fingerprint density at radius 2 is 1.91 bits per heavy atom. The van der Waals surface area contributed by atoms with Crippen LogP contribution in [0.1, 0.15) is 25.7 Å². The molecule has 6 nitrogen and oxygen atoms in total. The van der Waals surface area contributed by atoms with E-state index >= 15 is 0 Å². The summed E-state index contributed by atoms with van der Waals surface area (Å²) in [5.74, 6) is 1.72. The molecule has 1 saturated carbocycles. The van der Waals surface area contributed by atoms with Crippen LogP contribution in [0.25, 0.3) is 0 Å². The predicted molar refractivity (Wildman–Crippen MR) is 89.9 cm³/mol. The van der Waals surface area contributed by atoms with Gasteiger partial charge in [-0.2, -0.15) is 4.98 Å². The lowest BCUT2D eigenvalue weighted by molar-refractivity contribution is 0.126. The Bertz CT molecular complexity index is 675. The largest absolute Gasteiger partial charge is 0.450 e. The number of nitrogens with zero attached hydrogens (tertiary/aromatic N) is 2. The molecule has 4 N–H and O–H groups in total. The molecule has 1 aliphatic carbocycles. The number of aromatic nitrogens is 2. The summed E-state index contributed by atoms with van der Waals surface area (Å²) in [6, 6.07) is 7.43. The van der Waals surface area contributed by atoms with E-state index in [2.05, 4.69) is 15.3 Å². The second kappa shape index (κ2) is 7.02. The number of benzene rings is 1. The summed E-state index contributed by atoms with van der Waals surface area (Å²) in [5.41, 5.74) is 5.69. The van der Waals surface area contributed by atoms with Gasteiger partial charge in [0.15, 0.2) is 11.6 Å². The van der Waals surface area contributed by atoms with Crippen molar-refractivity contribution in [3.63, 3.8) is 0 Å². The van der Waals surface area contributed by atoms with Gasteiger partial charge in [-0.05, 0) is 37.8 Å². The average Bonchev–Trinajstić information content (AvgIpc) is 2.54. The summed E-state index contributed by atoms with van der Waals surface area (Å²) >= 11 is 6.13. The normalized spacial score (nSPS) is 21.0. The van der Waals surface area contributed by atoms with E-state index in [9.17, 15) is 5.11 Å². The zero-order valence-corrected chi connectivity index (χ0v) is 13.3. The molecule has 2 aromatic rings. The number of aliphatic hydroxyl groups is 1. The van der Waals surface area contributed by atoms with Crippen molar-refractivity contribution >= 4 is 23.4 Å². The van der Waals surface area contributed by atoms with Crippen molar-refractivity contribution in [3.05, 3.63) is 35.5 Å². The molecule has 122 valence electrons. The Morgan fingerprint density at radius 1 is 1.17 bits per heavy atom. The lowest BCUT2D eigenvalue weighted by Crippen LogP contribution is -2.28. The molecule has 1 aliphatic rings. The monoisotopic (exact) mass is 334 g/mol. The van der Waals surface area contributed by atoms with E-state index in [-0.39, 0.29) is 18.1 Å². The topological polar surface area (TPSA) is 93.3 Å². The molecule has 0 aliphatic heterocycles. The van der Waals surface area contributed by atoms with Crippen LogP contribution in [0.4, 0.5) is 11.8 Å². The summed E-state index contributed by atoms with van der Waals surface area (Å²) in [5, 5.41) is 13.5. The molecule has 0 unspecified atom stereocenters. The second-order valence-electron chi connectivity index (χ2n) is 5.62.